The van der Waals surface area contributed by atoms with E-state index in [1.54, 1.807) is 0 Å². The van der Waals surface area contributed by atoms with Gasteiger partial charge in [-0.3, -0.25) is 0 Å². The molecular formula is C6H13NO2. The Morgan fingerprint density at radius 1 is 1.67 bits per heavy atom. The standard InChI is InChI=1S/C6H13NO2/c1-6(4-7-2)5-9-8-3/h4,7H,5H2,1-3H3/b6-4-. The van der Waals surface area contributed by atoms with Crippen molar-refractivity contribution in [1.82, 2.24) is 5.32 Å². The van der Waals surface area contributed by atoms with Crippen molar-refractivity contribution in [2.75, 3.05) is 20.8 Å². The lowest BCUT2D eigenvalue weighted by molar-refractivity contribution is -0.265. The minimum absolute atomic E-state index is 0.511. The molecule has 9 heavy (non-hydrogen) atoms. The molecular weight excluding hydrogens is 118 g/mol. The van der Waals surface area contributed by atoms with Crippen molar-refractivity contribution in [3.05, 3.63) is 11.8 Å². The number of hydrogen-bond donors (Lipinski definition) is 1. The molecule has 3 nitrogen and oxygen atoms in total. The van der Waals surface area contributed by atoms with E-state index in [0.29, 0.717) is 6.61 Å². The SMILES string of the molecule is CN/C=C(/C)COOC. The fourth-order valence-corrected chi connectivity index (χ4v) is 0.440. The highest BCUT2D eigenvalue weighted by atomic mass is 17.2. The van der Waals surface area contributed by atoms with E-state index in [-0.39, 0.29) is 0 Å². The molecule has 0 rings (SSSR count). The maximum atomic E-state index is 4.64. The van der Waals surface area contributed by atoms with Crippen molar-refractivity contribution in [3.63, 3.8) is 0 Å². The normalized spacial score (nSPS) is 11.7. The molecule has 0 unspecified atom stereocenters. The molecule has 0 aliphatic carbocycles. The van der Waals surface area contributed by atoms with E-state index in [1.807, 2.05) is 20.2 Å². The Labute approximate surface area is 55.6 Å². The molecule has 0 fully saturated rings. The maximum absolute atomic E-state index is 4.64. The summed E-state index contributed by atoms with van der Waals surface area (Å²) in [5.74, 6) is 0. The highest BCUT2D eigenvalue weighted by Crippen LogP contribution is 1.89. The van der Waals surface area contributed by atoms with Crippen LogP contribution in [-0.4, -0.2) is 20.8 Å². The van der Waals surface area contributed by atoms with Crippen molar-refractivity contribution in [3.8, 4) is 0 Å². The summed E-state index contributed by atoms with van der Waals surface area (Å²) in [6, 6.07) is 0. The Balaban J connectivity index is 3.25. The predicted octanol–water partition coefficient (Wildman–Crippen LogP) is 0.688. The fraction of sp³-hybridized carbons (Fsp3) is 0.667. The van der Waals surface area contributed by atoms with Gasteiger partial charge in [-0.25, -0.2) is 9.78 Å². The average molecular weight is 131 g/mol. The van der Waals surface area contributed by atoms with Crippen LogP contribution in [0.15, 0.2) is 11.8 Å². The summed E-state index contributed by atoms with van der Waals surface area (Å²) < 4.78 is 0. The summed E-state index contributed by atoms with van der Waals surface area (Å²) in [7, 11) is 3.34. The summed E-state index contributed by atoms with van der Waals surface area (Å²) in [4.78, 5) is 9.03. The van der Waals surface area contributed by atoms with Crippen LogP contribution < -0.4 is 5.32 Å². The first-order valence-electron chi connectivity index (χ1n) is 2.79. The van der Waals surface area contributed by atoms with Crippen LogP contribution in [0.25, 0.3) is 0 Å². The zero-order valence-corrected chi connectivity index (χ0v) is 6.10. The second kappa shape index (κ2) is 5.59. The summed E-state index contributed by atoms with van der Waals surface area (Å²) in [5, 5.41) is 2.88. The Hall–Kier alpha value is -0.540. The third-order valence-corrected chi connectivity index (χ3v) is 0.795. The van der Waals surface area contributed by atoms with E-state index in [4.69, 9.17) is 0 Å². The van der Waals surface area contributed by atoms with Gasteiger partial charge in [-0.2, -0.15) is 0 Å². The molecule has 0 aromatic rings. The van der Waals surface area contributed by atoms with Gasteiger partial charge in [-0.15, -0.1) is 0 Å². The Kier molecular flexibility index (Phi) is 5.26. The molecule has 0 saturated heterocycles. The van der Waals surface area contributed by atoms with Crippen LogP contribution in [0.1, 0.15) is 6.92 Å². The van der Waals surface area contributed by atoms with Crippen LogP contribution in [-0.2, 0) is 9.78 Å². The summed E-state index contributed by atoms with van der Waals surface area (Å²) >= 11 is 0. The van der Waals surface area contributed by atoms with Gasteiger partial charge in [0.05, 0.1) is 7.11 Å². The second-order valence-electron chi connectivity index (χ2n) is 1.71. The number of rotatable bonds is 4. The molecule has 0 spiro atoms. The third kappa shape index (κ3) is 5.33. The van der Waals surface area contributed by atoms with Gasteiger partial charge in [0.1, 0.15) is 6.61 Å². The van der Waals surface area contributed by atoms with E-state index < -0.39 is 0 Å². The van der Waals surface area contributed by atoms with E-state index in [0.717, 1.165) is 5.57 Å². The molecule has 0 radical (unpaired) electrons. The lowest BCUT2D eigenvalue weighted by Crippen LogP contribution is -2.00. The first kappa shape index (κ1) is 8.46. The Morgan fingerprint density at radius 2 is 2.33 bits per heavy atom. The van der Waals surface area contributed by atoms with Crippen LogP contribution in [0.5, 0.6) is 0 Å². The van der Waals surface area contributed by atoms with Crippen LogP contribution in [0, 0.1) is 0 Å². The topological polar surface area (TPSA) is 30.5 Å². The fourth-order valence-electron chi connectivity index (χ4n) is 0.440. The second-order valence-corrected chi connectivity index (χ2v) is 1.71. The molecule has 0 aliphatic rings. The van der Waals surface area contributed by atoms with Gasteiger partial charge in [0.15, 0.2) is 0 Å². The van der Waals surface area contributed by atoms with E-state index in [1.165, 1.54) is 7.11 Å². The predicted molar refractivity (Wildman–Crippen MR) is 35.8 cm³/mol. The summed E-state index contributed by atoms with van der Waals surface area (Å²) in [6.07, 6.45) is 1.86. The molecule has 0 amide bonds. The van der Waals surface area contributed by atoms with Gasteiger partial charge in [-0.1, -0.05) is 0 Å². The van der Waals surface area contributed by atoms with E-state index in [2.05, 4.69) is 15.1 Å². The zero-order valence-electron chi connectivity index (χ0n) is 6.10. The van der Waals surface area contributed by atoms with Gasteiger partial charge >= 0.3 is 0 Å². The van der Waals surface area contributed by atoms with Gasteiger partial charge in [0.2, 0.25) is 0 Å². The van der Waals surface area contributed by atoms with Crippen LogP contribution in [0.2, 0.25) is 0 Å². The first-order valence-corrected chi connectivity index (χ1v) is 2.79. The lowest BCUT2D eigenvalue weighted by Gasteiger charge is -1.98. The van der Waals surface area contributed by atoms with Gasteiger partial charge in [-0.05, 0) is 18.7 Å². The van der Waals surface area contributed by atoms with Gasteiger partial charge in [0.25, 0.3) is 0 Å². The number of hydrogen-bond acceptors (Lipinski definition) is 3. The van der Waals surface area contributed by atoms with Crippen LogP contribution in [0.3, 0.4) is 0 Å². The Morgan fingerprint density at radius 3 is 2.78 bits per heavy atom. The lowest BCUT2D eigenvalue weighted by atomic mass is 10.4. The van der Waals surface area contributed by atoms with Crippen molar-refractivity contribution in [2.45, 2.75) is 6.92 Å². The smallest absolute Gasteiger partial charge is 0.105 e. The molecule has 0 heterocycles. The highest BCUT2D eigenvalue weighted by Gasteiger charge is 1.85. The average Bonchev–Trinajstić information content (AvgIpc) is 1.85. The van der Waals surface area contributed by atoms with Crippen molar-refractivity contribution in [2.24, 2.45) is 0 Å². The number of nitrogens with one attached hydrogen (secondary N) is 1. The molecule has 0 atom stereocenters. The molecule has 1 N–H and O–H groups in total. The van der Waals surface area contributed by atoms with E-state index in [9.17, 15) is 0 Å². The maximum Gasteiger partial charge on any atom is 0.105 e. The largest absolute Gasteiger partial charge is 0.394 e. The molecule has 0 aliphatic heterocycles. The minimum atomic E-state index is 0.511. The van der Waals surface area contributed by atoms with E-state index >= 15 is 0 Å². The molecule has 0 aromatic heterocycles. The Bertz CT molecular complexity index is 91.1. The first-order chi connectivity index (χ1) is 4.31. The monoisotopic (exact) mass is 131 g/mol. The minimum Gasteiger partial charge on any atom is -0.394 e. The van der Waals surface area contributed by atoms with Crippen molar-refractivity contribution in [1.29, 1.82) is 0 Å². The van der Waals surface area contributed by atoms with Crippen LogP contribution in [0.4, 0.5) is 0 Å². The summed E-state index contributed by atoms with van der Waals surface area (Å²) in [5.41, 5.74) is 1.10. The van der Waals surface area contributed by atoms with Crippen molar-refractivity contribution < 1.29 is 9.78 Å². The highest BCUT2D eigenvalue weighted by molar-refractivity contribution is 4.95. The third-order valence-electron chi connectivity index (χ3n) is 0.795. The molecule has 0 saturated carbocycles. The molecule has 3 heteroatoms. The summed E-state index contributed by atoms with van der Waals surface area (Å²) in [6.45, 7) is 2.47. The molecule has 54 valence electrons. The zero-order chi connectivity index (χ0) is 7.11. The quantitative estimate of drug-likeness (QED) is 0.449. The molecule has 0 aromatic carbocycles. The van der Waals surface area contributed by atoms with Crippen LogP contribution >= 0.6 is 0 Å². The van der Waals surface area contributed by atoms with Gasteiger partial charge < -0.3 is 5.32 Å². The van der Waals surface area contributed by atoms with Crippen molar-refractivity contribution >= 4 is 0 Å². The van der Waals surface area contributed by atoms with Gasteiger partial charge in [0, 0.05) is 7.05 Å². The molecule has 0 bridgehead atoms.